The topological polar surface area (TPSA) is 36.9 Å². The van der Waals surface area contributed by atoms with Gasteiger partial charge >= 0.3 is 14.2 Å². The van der Waals surface area contributed by atoms with E-state index in [1.807, 2.05) is 0 Å². The fourth-order valence-electron chi connectivity index (χ4n) is 3.82. The smallest absolute Gasteiger partial charge is 0.403 e. The predicted octanol–water partition coefficient (Wildman–Crippen LogP) is 4.10. The molecule has 0 aromatic heterocycles. The molecule has 3 fully saturated rings. The normalized spacial score (nSPS) is 37.6. The van der Waals surface area contributed by atoms with Crippen LogP contribution in [-0.2, 0) is 18.6 Å². The Kier molecular flexibility index (Phi) is 4.05. The zero-order chi connectivity index (χ0) is 17.3. The van der Waals surface area contributed by atoms with Crippen molar-refractivity contribution in [2.24, 2.45) is 0 Å². The Morgan fingerprint density at radius 3 is 1.09 bits per heavy atom. The molecule has 2 unspecified atom stereocenters. The Hall–Kier alpha value is -0.0301. The van der Waals surface area contributed by atoms with Gasteiger partial charge in [0, 0.05) is 0 Å². The molecule has 130 valence electrons. The maximum absolute atomic E-state index is 6.31. The highest BCUT2D eigenvalue weighted by atomic mass is 16.7. The van der Waals surface area contributed by atoms with Crippen molar-refractivity contribution in [1.29, 1.82) is 0 Å². The molecule has 1 saturated carbocycles. The molecule has 1 aliphatic carbocycles. The third-order valence-corrected chi connectivity index (χ3v) is 6.87. The number of hydrogen-bond donors (Lipinski definition) is 0. The van der Waals surface area contributed by atoms with Crippen LogP contribution in [0, 0.1) is 0 Å². The van der Waals surface area contributed by atoms with Crippen LogP contribution in [0.5, 0.6) is 0 Å². The van der Waals surface area contributed by atoms with Gasteiger partial charge in [0.15, 0.2) is 0 Å². The summed E-state index contributed by atoms with van der Waals surface area (Å²) in [5.41, 5.74) is -1.11. The summed E-state index contributed by atoms with van der Waals surface area (Å²) in [4.78, 5) is 0. The molecule has 0 N–H and O–H groups in total. The van der Waals surface area contributed by atoms with Crippen LogP contribution in [0.4, 0.5) is 0 Å². The van der Waals surface area contributed by atoms with Crippen molar-refractivity contribution < 1.29 is 18.6 Å². The first-order valence-electron chi connectivity index (χ1n) is 9.08. The zero-order valence-electron chi connectivity index (χ0n) is 16.1. The number of rotatable bonds is 2. The lowest BCUT2D eigenvalue weighted by Gasteiger charge is -2.32. The molecule has 2 atom stereocenters. The molecule has 6 heteroatoms. The van der Waals surface area contributed by atoms with E-state index < -0.39 is 0 Å². The Bertz CT molecular complexity index is 401. The minimum atomic E-state index is -0.277. The summed E-state index contributed by atoms with van der Waals surface area (Å²) in [6, 6.07) is 0. The first-order chi connectivity index (χ1) is 10.4. The van der Waals surface area contributed by atoms with E-state index in [4.69, 9.17) is 18.6 Å². The molecule has 23 heavy (non-hydrogen) atoms. The van der Waals surface area contributed by atoms with Crippen LogP contribution in [0.15, 0.2) is 0 Å². The van der Waals surface area contributed by atoms with E-state index in [1.165, 1.54) is 6.42 Å². The Labute approximate surface area is 142 Å². The average Bonchev–Trinajstić information content (AvgIpc) is 2.96. The van der Waals surface area contributed by atoms with Gasteiger partial charge in [-0.3, -0.25) is 0 Å². The summed E-state index contributed by atoms with van der Waals surface area (Å²) in [6.07, 6.45) is 3.42. The van der Waals surface area contributed by atoms with Crippen molar-refractivity contribution >= 4 is 14.2 Å². The summed E-state index contributed by atoms with van der Waals surface area (Å²) in [7, 11) is -0.321. The van der Waals surface area contributed by atoms with Crippen molar-refractivity contribution in [3.8, 4) is 0 Å². The van der Waals surface area contributed by atoms with Gasteiger partial charge in [-0.25, -0.2) is 0 Å². The second-order valence-corrected chi connectivity index (χ2v) is 9.51. The monoisotopic (exact) mass is 322 g/mol. The molecule has 2 saturated heterocycles. The predicted molar refractivity (Wildman–Crippen MR) is 93.5 cm³/mol. The minimum absolute atomic E-state index is 0.161. The molecule has 0 bridgehead atoms. The third kappa shape index (κ3) is 2.80. The van der Waals surface area contributed by atoms with E-state index in [0.29, 0.717) is 11.6 Å². The van der Waals surface area contributed by atoms with Gasteiger partial charge in [-0.1, -0.05) is 19.3 Å². The third-order valence-electron chi connectivity index (χ3n) is 6.87. The Morgan fingerprint density at radius 1 is 0.565 bits per heavy atom. The van der Waals surface area contributed by atoms with E-state index in [0.717, 1.165) is 12.8 Å². The van der Waals surface area contributed by atoms with Crippen molar-refractivity contribution in [2.75, 3.05) is 0 Å². The highest BCUT2D eigenvalue weighted by molar-refractivity contribution is 6.55. The molecule has 0 spiro atoms. The van der Waals surface area contributed by atoms with E-state index in [9.17, 15) is 0 Å². The van der Waals surface area contributed by atoms with Gasteiger partial charge in [-0.15, -0.1) is 0 Å². The van der Waals surface area contributed by atoms with Crippen molar-refractivity contribution in [3.05, 3.63) is 0 Å². The van der Waals surface area contributed by atoms with E-state index >= 15 is 0 Å². The highest BCUT2D eigenvalue weighted by Gasteiger charge is 2.61. The summed E-state index contributed by atoms with van der Waals surface area (Å²) < 4.78 is 25.2. The molecule has 0 aromatic carbocycles. The molecule has 2 heterocycles. The summed E-state index contributed by atoms with van der Waals surface area (Å²) >= 11 is 0. The molecule has 3 aliphatic rings. The van der Waals surface area contributed by atoms with Crippen LogP contribution in [-0.4, -0.2) is 36.6 Å². The summed E-state index contributed by atoms with van der Waals surface area (Å²) in [6.45, 7) is 16.9. The Morgan fingerprint density at radius 2 is 0.826 bits per heavy atom. The summed E-state index contributed by atoms with van der Waals surface area (Å²) in [5.74, 6) is 0.677. The molecular weight excluding hydrogens is 290 g/mol. The molecule has 4 nitrogen and oxygen atoms in total. The lowest BCUT2D eigenvalue weighted by atomic mass is 9.54. The Balaban J connectivity index is 1.75. The van der Waals surface area contributed by atoms with Gasteiger partial charge in [0.25, 0.3) is 0 Å². The quantitative estimate of drug-likeness (QED) is 0.718. The molecule has 0 amide bonds. The largest absolute Gasteiger partial charge is 0.460 e. The highest BCUT2D eigenvalue weighted by Crippen LogP contribution is 2.54. The zero-order valence-corrected chi connectivity index (χ0v) is 16.1. The van der Waals surface area contributed by atoms with E-state index in [-0.39, 0.29) is 36.6 Å². The van der Waals surface area contributed by atoms with Crippen LogP contribution in [0.2, 0.25) is 11.6 Å². The maximum Gasteiger partial charge on any atom is 0.460 e. The average molecular weight is 322 g/mol. The lowest BCUT2D eigenvalue weighted by molar-refractivity contribution is 0.00578. The second kappa shape index (κ2) is 5.23. The van der Waals surface area contributed by atoms with Crippen LogP contribution < -0.4 is 0 Å². The molecule has 3 rings (SSSR count). The van der Waals surface area contributed by atoms with Gasteiger partial charge in [0.05, 0.1) is 22.4 Å². The SMILES string of the molecule is CC1(C)OB(C2CCCC2B2OC(C)(C)C(C)(C)O2)OC1(C)C. The van der Waals surface area contributed by atoms with Gasteiger partial charge in [-0.05, 0) is 67.0 Å². The fourth-order valence-corrected chi connectivity index (χ4v) is 3.82. The molecule has 0 aromatic rings. The number of hydrogen-bond acceptors (Lipinski definition) is 4. The summed E-state index contributed by atoms with van der Waals surface area (Å²) in [5, 5.41) is 0. The second-order valence-electron chi connectivity index (χ2n) is 9.51. The molecular formula is C17H32B2O4. The van der Waals surface area contributed by atoms with Gasteiger partial charge < -0.3 is 18.6 Å². The van der Waals surface area contributed by atoms with Crippen LogP contribution >= 0.6 is 0 Å². The first kappa shape index (κ1) is 17.8. The van der Waals surface area contributed by atoms with E-state index in [2.05, 4.69) is 55.4 Å². The minimum Gasteiger partial charge on any atom is -0.403 e. The first-order valence-corrected chi connectivity index (χ1v) is 9.08. The van der Waals surface area contributed by atoms with E-state index in [1.54, 1.807) is 0 Å². The lowest BCUT2D eigenvalue weighted by Crippen LogP contribution is -2.41. The van der Waals surface area contributed by atoms with Crippen LogP contribution in [0.3, 0.4) is 0 Å². The van der Waals surface area contributed by atoms with Gasteiger partial charge in [0.2, 0.25) is 0 Å². The van der Waals surface area contributed by atoms with Crippen LogP contribution in [0.25, 0.3) is 0 Å². The molecule has 0 radical (unpaired) electrons. The van der Waals surface area contributed by atoms with Gasteiger partial charge in [0.1, 0.15) is 0 Å². The standard InChI is InChI=1S/C17H32B2O4/c1-14(2)15(3,4)21-18(20-14)12-10-9-11-13(12)19-22-16(5,6)17(7,8)23-19/h12-13H,9-11H2,1-8H3. The van der Waals surface area contributed by atoms with Crippen molar-refractivity contribution in [1.82, 2.24) is 0 Å². The maximum atomic E-state index is 6.31. The van der Waals surface area contributed by atoms with Gasteiger partial charge in [-0.2, -0.15) is 0 Å². The van der Waals surface area contributed by atoms with Crippen LogP contribution in [0.1, 0.15) is 74.7 Å². The fraction of sp³-hybridized carbons (Fsp3) is 1.00. The molecule has 2 aliphatic heterocycles. The van der Waals surface area contributed by atoms with Crippen molar-refractivity contribution in [3.63, 3.8) is 0 Å². The van der Waals surface area contributed by atoms with Crippen molar-refractivity contribution in [2.45, 2.75) is 109 Å².